The van der Waals surface area contributed by atoms with Gasteiger partial charge in [-0.15, -0.1) is 0 Å². The molecule has 0 rings (SSSR count). The predicted molar refractivity (Wildman–Crippen MR) is 49.7 cm³/mol. The van der Waals surface area contributed by atoms with Crippen LogP contribution in [0, 0.1) is 5.41 Å². The van der Waals surface area contributed by atoms with Gasteiger partial charge in [0.05, 0.1) is 3.58 Å². The SMILES string of the molecule is CNC(=O)/C(I)=C\C(=N)Cl. The van der Waals surface area contributed by atoms with Crippen molar-refractivity contribution in [3.05, 3.63) is 9.66 Å². The zero-order chi connectivity index (χ0) is 8.15. The Morgan fingerprint density at radius 3 is 2.60 bits per heavy atom. The van der Waals surface area contributed by atoms with Crippen LogP contribution >= 0.6 is 34.2 Å². The van der Waals surface area contributed by atoms with Crippen LogP contribution in [0.5, 0.6) is 0 Å². The molecule has 10 heavy (non-hydrogen) atoms. The molecule has 0 heterocycles. The minimum absolute atomic E-state index is 0.145. The third kappa shape index (κ3) is 3.84. The number of rotatable bonds is 2. The van der Waals surface area contributed by atoms with Gasteiger partial charge in [-0.05, 0) is 28.7 Å². The fourth-order valence-corrected chi connectivity index (χ4v) is 1.17. The molecule has 0 unspecified atom stereocenters. The number of hydrogen-bond donors (Lipinski definition) is 2. The van der Waals surface area contributed by atoms with E-state index in [0.717, 1.165) is 0 Å². The highest BCUT2D eigenvalue weighted by atomic mass is 127. The monoisotopic (exact) mass is 272 g/mol. The topological polar surface area (TPSA) is 53.0 Å². The van der Waals surface area contributed by atoms with Gasteiger partial charge >= 0.3 is 0 Å². The van der Waals surface area contributed by atoms with Crippen LogP contribution in [0.25, 0.3) is 0 Å². The van der Waals surface area contributed by atoms with Crippen molar-refractivity contribution in [2.75, 3.05) is 7.05 Å². The van der Waals surface area contributed by atoms with Crippen molar-refractivity contribution >= 4 is 45.3 Å². The summed E-state index contributed by atoms with van der Waals surface area (Å²) in [6, 6.07) is 0. The van der Waals surface area contributed by atoms with E-state index < -0.39 is 0 Å². The fourth-order valence-electron chi connectivity index (χ4n) is 0.296. The molecular formula is C5H6ClIN2O. The molecule has 0 aromatic carbocycles. The summed E-state index contributed by atoms with van der Waals surface area (Å²) >= 11 is 7.00. The largest absolute Gasteiger partial charge is 0.355 e. The quantitative estimate of drug-likeness (QED) is 0.444. The second-order valence-corrected chi connectivity index (χ2v) is 2.99. The molecule has 0 aromatic rings. The first kappa shape index (κ1) is 9.90. The molecule has 0 aliphatic carbocycles. The van der Waals surface area contributed by atoms with Crippen LogP contribution in [-0.4, -0.2) is 18.1 Å². The number of halogens is 2. The molecule has 2 N–H and O–H groups in total. The number of nitrogens with one attached hydrogen (secondary N) is 2. The Bertz CT molecular complexity index is 190. The molecule has 5 heteroatoms. The van der Waals surface area contributed by atoms with Crippen LogP contribution in [0.3, 0.4) is 0 Å². The van der Waals surface area contributed by atoms with E-state index in [1.165, 1.54) is 13.1 Å². The highest BCUT2D eigenvalue weighted by molar-refractivity contribution is 14.1. The summed E-state index contributed by atoms with van der Waals surface area (Å²) in [5, 5.41) is 9.05. The van der Waals surface area contributed by atoms with Crippen molar-refractivity contribution in [3.8, 4) is 0 Å². The molecule has 0 aliphatic heterocycles. The number of likely N-dealkylation sites (N-methyl/N-ethyl adjacent to an activating group) is 1. The first-order valence-corrected chi connectivity index (χ1v) is 3.87. The first-order valence-electron chi connectivity index (χ1n) is 2.41. The zero-order valence-electron chi connectivity index (χ0n) is 5.24. The third-order valence-corrected chi connectivity index (χ3v) is 1.61. The van der Waals surface area contributed by atoms with E-state index in [9.17, 15) is 4.79 Å². The second kappa shape index (κ2) is 4.68. The van der Waals surface area contributed by atoms with Crippen molar-refractivity contribution in [3.63, 3.8) is 0 Å². The summed E-state index contributed by atoms with van der Waals surface area (Å²) in [5.41, 5.74) is 0. The van der Waals surface area contributed by atoms with E-state index in [-0.39, 0.29) is 11.1 Å². The van der Waals surface area contributed by atoms with Gasteiger partial charge in [-0.2, -0.15) is 0 Å². The van der Waals surface area contributed by atoms with Gasteiger partial charge in [0.25, 0.3) is 5.91 Å². The number of hydrogen-bond acceptors (Lipinski definition) is 2. The van der Waals surface area contributed by atoms with Crippen molar-refractivity contribution in [1.82, 2.24) is 5.32 Å². The maximum absolute atomic E-state index is 10.7. The van der Waals surface area contributed by atoms with Crippen LogP contribution in [0.15, 0.2) is 9.66 Å². The van der Waals surface area contributed by atoms with E-state index in [0.29, 0.717) is 3.58 Å². The van der Waals surface area contributed by atoms with Gasteiger partial charge in [0, 0.05) is 7.05 Å². The number of allylic oxidation sites excluding steroid dienone is 1. The summed E-state index contributed by atoms with van der Waals surface area (Å²) in [5.74, 6) is -0.231. The lowest BCUT2D eigenvalue weighted by molar-refractivity contribution is -0.116. The molecule has 0 atom stereocenters. The number of carbonyl (C=O) groups is 1. The average Bonchev–Trinajstić information content (AvgIpc) is 1.85. The maximum Gasteiger partial charge on any atom is 0.257 e. The lowest BCUT2D eigenvalue weighted by Crippen LogP contribution is -2.17. The lowest BCUT2D eigenvalue weighted by Gasteiger charge is -1.94. The summed E-state index contributed by atoms with van der Waals surface area (Å²) in [7, 11) is 1.52. The smallest absolute Gasteiger partial charge is 0.257 e. The van der Waals surface area contributed by atoms with Gasteiger partial charge in [-0.25, -0.2) is 0 Å². The van der Waals surface area contributed by atoms with Crippen LogP contribution in [-0.2, 0) is 4.79 Å². The summed E-state index contributed by atoms with van der Waals surface area (Å²) in [6.45, 7) is 0. The van der Waals surface area contributed by atoms with E-state index in [1.807, 2.05) is 0 Å². The van der Waals surface area contributed by atoms with Crippen molar-refractivity contribution in [2.45, 2.75) is 0 Å². The molecule has 0 bridgehead atoms. The maximum atomic E-state index is 10.7. The van der Waals surface area contributed by atoms with Crippen LogP contribution in [0.4, 0.5) is 0 Å². The van der Waals surface area contributed by atoms with Crippen LogP contribution < -0.4 is 5.32 Å². The van der Waals surface area contributed by atoms with E-state index in [1.54, 1.807) is 22.6 Å². The third-order valence-electron chi connectivity index (χ3n) is 0.697. The van der Waals surface area contributed by atoms with E-state index in [2.05, 4.69) is 5.32 Å². The molecule has 56 valence electrons. The van der Waals surface area contributed by atoms with E-state index >= 15 is 0 Å². The van der Waals surface area contributed by atoms with Crippen LogP contribution in [0.1, 0.15) is 0 Å². The molecule has 0 saturated heterocycles. The second-order valence-electron chi connectivity index (χ2n) is 1.42. The molecule has 1 amide bonds. The molecule has 0 fully saturated rings. The number of carbonyl (C=O) groups excluding carboxylic acids is 1. The first-order chi connectivity index (χ1) is 4.57. The Hall–Kier alpha value is -0.100. The van der Waals surface area contributed by atoms with Gasteiger partial charge in [0.15, 0.2) is 0 Å². The lowest BCUT2D eigenvalue weighted by atomic mass is 10.5. The minimum atomic E-state index is -0.231. The number of amides is 1. The normalized spacial score (nSPS) is 10.9. The Kier molecular flexibility index (Phi) is 4.63. The molecule has 0 aromatic heterocycles. The molecule has 0 aliphatic rings. The Morgan fingerprint density at radius 1 is 1.80 bits per heavy atom. The van der Waals surface area contributed by atoms with Gasteiger partial charge in [-0.3, -0.25) is 10.2 Å². The molecule has 0 spiro atoms. The standard InChI is InChI=1S/C5H6ClIN2O/c1-9-5(10)3(7)2-4(6)8/h2,8H,1H3,(H,9,10)/b3-2+,8-4?. The Balaban J connectivity index is 4.19. The van der Waals surface area contributed by atoms with Crippen molar-refractivity contribution in [2.24, 2.45) is 0 Å². The average molecular weight is 272 g/mol. The highest BCUT2D eigenvalue weighted by Crippen LogP contribution is 2.05. The summed E-state index contributed by atoms with van der Waals surface area (Å²) in [4.78, 5) is 10.7. The summed E-state index contributed by atoms with van der Waals surface area (Å²) < 4.78 is 0.403. The molecule has 0 radical (unpaired) electrons. The Morgan fingerprint density at radius 2 is 2.30 bits per heavy atom. The minimum Gasteiger partial charge on any atom is -0.355 e. The fraction of sp³-hybridized carbons (Fsp3) is 0.200. The summed E-state index contributed by atoms with van der Waals surface area (Å²) in [6.07, 6.45) is 1.28. The van der Waals surface area contributed by atoms with Crippen molar-refractivity contribution < 1.29 is 4.79 Å². The zero-order valence-corrected chi connectivity index (χ0v) is 8.15. The van der Waals surface area contributed by atoms with Crippen molar-refractivity contribution in [1.29, 1.82) is 5.41 Å². The van der Waals surface area contributed by atoms with E-state index in [4.69, 9.17) is 17.0 Å². The highest BCUT2D eigenvalue weighted by Gasteiger charge is 2.01. The van der Waals surface area contributed by atoms with Crippen LogP contribution in [0.2, 0.25) is 0 Å². The van der Waals surface area contributed by atoms with Gasteiger partial charge < -0.3 is 5.32 Å². The van der Waals surface area contributed by atoms with Gasteiger partial charge in [0.1, 0.15) is 5.17 Å². The predicted octanol–water partition coefficient (Wildman–Crippen LogP) is 1.27. The Labute approximate surface area is 77.5 Å². The molecule has 3 nitrogen and oxygen atoms in total. The van der Waals surface area contributed by atoms with Gasteiger partial charge in [-0.1, -0.05) is 11.6 Å². The van der Waals surface area contributed by atoms with Gasteiger partial charge in [0.2, 0.25) is 0 Å². The molecular weight excluding hydrogens is 266 g/mol. The molecule has 0 saturated carbocycles.